The van der Waals surface area contributed by atoms with E-state index in [1.807, 2.05) is 40.2 Å². The van der Waals surface area contributed by atoms with Gasteiger partial charge in [-0.25, -0.2) is 23.4 Å². The number of benzene rings is 1. The Labute approximate surface area is 153 Å². The summed E-state index contributed by atoms with van der Waals surface area (Å²) in [5, 5.41) is 1.71. The summed E-state index contributed by atoms with van der Waals surface area (Å²) in [4.78, 5) is 13.6. The second kappa shape index (κ2) is 6.19. The van der Waals surface area contributed by atoms with Crippen molar-refractivity contribution in [2.45, 2.75) is 5.16 Å². The Morgan fingerprint density at radius 1 is 1.12 bits per heavy atom. The van der Waals surface area contributed by atoms with Crippen LogP contribution >= 0.6 is 11.3 Å². The summed E-state index contributed by atoms with van der Waals surface area (Å²) in [7, 11) is -1.90. The van der Waals surface area contributed by atoms with E-state index >= 15 is 0 Å². The highest BCUT2D eigenvalue weighted by molar-refractivity contribution is 7.90. The Hall–Kier alpha value is -2.78. The predicted molar refractivity (Wildman–Crippen MR) is 99.2 cm³/mol. The van der Waals surface area contributed by atoms with Crippen LogP contribution in [-0.4, -0.2) is 41.1 Å². The molecule has 4 rings (SSSR count). The molecule has 0 amide bonds. The number of thiazole rings is 1. The standard InChI is InChI=1S/C17H14N4O3S2/c1-24-12-5-3-11(4-6-12)14-15(21-9-10-25-17(21)20-14)13-7-8-18-16(19-13)26(2,22)23/h3-10H,1-2H3. The molecular weight excluding hydrogens is 372 g/mol. The van der Waals surface area contributed by atoms with Crippen LogP contribution in [0.15, 0.2) is 53.3 Å². The van der Waals surface area contributed by atoms with E-state index in [0.29, 0.717) is 5.69 Å². The van der Waals surface area contributed by atoms with Gasteiger partial charge in [0.2, 0.25) is 15.0 Å². The van der Waals surface area contributed by atoms with Gasteiger partial charge in [0.25, 0.3) is 0 Å². The fourth-order valence-corrected chi connectivity index (χ4v) is 3.86. The van der Waals surface area contributed by atoms with E-state index in [2.05, 4.69) is 9.97 Å². The molecule has 0 N–H and O–H groups in total. The summed E-state index contributed by atoms with van der Waals surface area (Å²) >= 11 is 1.49. The van der Waals surface area contributed by atoms with Crippen molar-refractivity contribution in [1.29, 1.82) is 0 Å². The second-order valence-corrected chi connectivity index (χ2v) is 8.37. The normalized spacial score (nSPS) is 11.8. The first kappa shape index (κ1) is 16.7. The molecule has 3 aromatic heterocycles. The van der Waals surface area contributed by atoms with Crippen molar-refractivity contribution in [3.8, 4) is 28.4 Å². The highest BCUT2D eigenvalue weighted by Gasteiger charge is 2.20. The van der Waals surface area contributed by atoms with E-state index in [1.165, 1.54) is 17.5 Å². The molecule has 132 valence electrons. The third-order valence-electron chi connectivity index (χ3n) is 3.83. The zero-order chi connectivity index (χ0) is 18.3. The zero-order valence-electron chi connectivity index (χ0n) is 13.9. The lowest BCUT2D eigenvalue weighted by Crippen LogP contribution is -2.05. The number of nitrogens with zero attached hydrogens (tertiary/aromatic N) is 4. The van der Waals surface area contributed by atoms with Crippen molar-refractivity contribution < 1.29 is 13.2 Å². The van der Waals surface area contributed by atoms with Crippen LogP contribution in [0.25, 0.3) is 27.6 Å². The molecule has 0 atom stereocenters. The van der Waals surface area contributed by atoms with Crippen LogP contribution in [0, 0.1) is 0 Å². The third kappa shape index (κ3) is 2.85. The average molecular weight is 386 g/mol. The van der Waals surface area contributed by atoms with Gasteiger partial charge in [0, 0.05) is 29.6 Å². The molecule has 26 heavy (non-hydrogen) atoms. The molecule has 0 radical (unpaired) electrons. The topological polar surface area (TPSA) is 86.5 Å². The molecule has 0 unspecified atom stereocenters. The summed E-state index contributed by atoms with van der Waals surface area (Å²) in [6.07, 6.45) is 4.42. The number of ether oxygens (including phenoxy) is 1. The average Bonchev–Trinajstić information content (AvgIpc) is 3.22. The Kier molecular flexibility index (Phi) is 3.97. The predicted octanol–water partition coefficient (Wildman–Crippen LogP) is 2.93. The van der Waals surface area contributed by atoms with Gasteiger partial charge in [0.15, 0.2) is 4.96 Å². The Morgan fingerprint density at radius 3 is 2.58 bits per heavy atom. The lowest BCUT2D eigenvalue weighted by atomic mass is 10.1. The first-order valence-corrected chi connectivity index (χ1v) is 10.4. The van der Waals surface area contributed by atoms with Gasteiger partial charge < -0.3 is 4.74 Å². The molecule has 0 saturated carbocycles. The van der Waals surface area contributed by atoms with Crippen LogP contribution in [0.3, 0.4) is 0 Å². The molecule has 1 aromatic carbocycles. The largest absolute Gasteiger partial charge is 0.497 e. The molecule has 9 heteroatoms. The van der Waals surface area contributed by atoms with E-state index in [1.54, 1.807) is 13.2 Å². The summed E-state index contributed by atoms with van der Waals surface area (Å²) in [6, 6.07) is 9.21. The van der Waals surface area contributed by atoms with Gasteiger partial charge in [-0.3, -0.25) is 4.40 Å². The second-order valence-electron chi connectivity index (χ2n) is 5.59. The number of fused-ring (bicyclic) bond motifs is 1. The molecular formula is C17H14N4O3S2. The van der Waals surface area contributed by atoms with Crippen molar-refractivity contribution >= 4 is 26.1 Å². The minimum atomic E-state index is -3.51. The number of sulfone groups is 1. The van der Waals surface area contributed by atoms with Gasteiger partial charge in [0.1, 0.15) is 11.4 Å². The molecule has 0 aliphatic heterocycles. The van der Waals surface area contributed by atoms with Crippen LogP contribution < -0.4 is 4.74 Å². The molecule has 3 heterocycles. The summed E-state index contributed by atoms with van der Waals surface area (Å²) < 4.78 is 30.8. The van der Waals surface area contributed by atoms with Crippen LogP contribution in [0.1, 0.15) is 0 Å². The number of imidazole rings is 1. The van der Waals surface area contributed by atoms with Crippen molar-refractivity contribution in [2.24, 2.45) is 0 Å². The highest BCUT2D eigenvalue weighted by atomic mass is 32.2. The highest BCUT2D eigenvalue weighted by Crippen LogP contribution is 2.34. The molecule has 0 aliphatic carbocycles. The van der Waals surface area contributed by atoms with Gasteiger partial charge in [0.05, 0.1) is 18.5 Å². The lowest BCUT2D eigenvalue weighted by Gasteiger charge is -2.06. The fraction of sp³-hybridized carbons (Fsp3) is 0.118. The molecule has 4 aromatic rings. The maximum absolute atomic E-state index is 11.8. The maximum Gasteiger partial charge on any atom is 0.247 e. The lowest BCUT2D eigenvalue weighted by molar-refractivity contribution is 0.415. The number of aromatic nitrogens is 4. The van der Waals surface area contributed by atoms with E-state index in [4.69, 9.17) is 9.72 Å². The van der Waals surface area contributed by atoms with Crippen molar-refractivity contribution in [1.82, 2.24) is 19.4 Å². The first-order valence-electron chi connectivity index (χ1n) is 7.61. The summed E-state index contributed by atoms with van der Waals surface area (Å²) in [6.45, 7) is 0. The molecule has 7 nitrogen and oxygen atoms in total. The number of rotatable bonds is 4. The monoisotopic (exact) mass is 386 g/mol. The van der Waals surface area contributed by atoms with Gasteiger partial charge in [-0.15, -0.1) is 11.3 Å². The van der Waals surface area contributed by atoms with E-state index in [-0.39, 0.29) is 5.16 Å². The smallest absolute Gasteiger partial charge is 0.247 e. The van der Waals surface area contributed by atoms with Crippen LogP contribution in [-0.2, 0) is 9.84 Å². The van der Waals surface area contributed by atoms with Crippen LogP contribution in [0.5, 0.6) is 5.75 Å². The Bertz CT molecular complexity index is 1190. The molecule has 0 fully saturated rings. The fourth-order valence-electron chi connectivity index (χ4n) is 2.63. The molecule has 0 bridgehead atoms. The number of methoxy groups -OCH3 is 1. The van der Waals surface area contributed by atoms with Gasteiger partial charge in [-0.2, -0.15) is 0 Å². The quantitative estimate of drug-likeness (QED) is 0.501. The summed E-state index contributed by atoms with van der Waals surface area (Å²) in [5.74, 6) is 0.748. The SMILES string of the molecule is COc1ccc(-c2nc3sccn3c2-c2ccnc(S(C)(=O)=O)n2)cc1. The minimum absolute atomic E-state index is 0.208. The van der Waals surface area contributed by atoms with Gasteiger partial charge in [-0.05, 0) is 30.3 Å². The van der Waals surface area contributed by atoms with Gasteiger partial charge in [-0.1, -0.05) is 0 Å². The van der Waals surface area contributed by atoms with Crippen LogP contribution in [0.4, 0.5) is 0 Å². The first-order chi connectivity index (χ1) is 12.5. The van der Waals surface area contributed by atoms with E-state index in [9.17, 15) is 8.42 Å². The molecule has 0 spiro atoms. The molecule has 0 aliphatic rings. The third-order valence-corrected chi connectivity index (χ3v) is 5.45. The van der Waals surface area contributed by atoms with Crippen molar-refractivity contribution in [3.63, 3.8) is 0 Å². The Balaban J connectivity index is 1.95. The van der Waals surface area contributed by atoms with Gasteiger partial charge >= 0.3 is 0 Å². The maximum atomic E-state index is 11.8. The van der Waals surface area contributed by atoms with E-state index in [0.717, 1.165) is 33.9 Å². The number of hydrogen-bond acceptors (Lipinski definition) is 7. The van der Waals surface area contributed by atoms with Crippen LogP contribution in [0.2, 0.25) is 0 Å². The van der Waals surface area contributed by atoms with Crippen molar-refractivity contribution in [3.05, 3.63) is 48.1 Å². The van der Waals surface area contributed by atoms with E-state index < -0.39 is 9.84 Å². The number of hydrogen-bond donors (Lipinski definition) is 0. The van der Waals surface area contributed by atoms with Crippen molar-refractivity contribution in [2.75, 3.05) is 13.4 Å². The zero-order valence-corrected chi connectivity index (χ0v) is 15.6. The minimum Gasteiger partial charge on any atom is -0.497 e. The molecule has 0 saturated heterocycles. The summed E-state index contributed by atoms with van der Waals surface area (Å²) in [5.41, 5.74) is 2.82. The Morgan fingerprint density at radius 2 is 1.88 bits per heavy atom.